The van der Waals surface area contributed by atoms with E-state index in [1.165, 1.54) is 6.20 Å². The van der Waals surface area contributed by atoms with E-state index in [9.17, 15) is 8.42 Å². The summed E-state index contributed by atoms with van der Waals surface area (Å²) in [5.41, 5.74) is 6.45. The summed E-state index contributed by atoms with van der Waals surface area (Å²) in [4.78, 5) is 3.16. The number of hydrogen-bond donors (Lipinski definition) is 3. The van der Waals surface area contributed by atoms with Gasteiger partial charge in [-0.2, -0.15) is 0 Å². The third-order valence-electron chi connectivity index (χ3n) is 2.40. The molecule has 2 aromatic rings. The van der Waals surface area contributed by atoms with Crippen molar-refractivity contribution in [3.63, 3.8) is 0 Å². The highest BCUT2D eigenvalue weighted by Gasteiger charge is 2.24. The number of hydrogen-bond acceptors (Lipinski definition) is 3. The van der Waals surface area contributed by atoms with Gasteiger partial charge in [-0.25, -0.2) is 13.1 Å². The summed E-state index contributed by atoms with van der Waals surface area (Å²) < 4.78 is 27.1. The number of aromatic amines is 1. The number of fused-ring (bicyclic) bond motifs is 1. The largest absolute Gasteiger partial charge is 0.399 e. The molecular weight excluding hydrogens is 250 g/mol. The van der Waals surface area contributed by atoms with Crippen molar-refractivity contribution < 1.29 is 8.42 Å². The van der Waals surface area contributed by atoms with E-state index < -0.39 is 15.6 Å². The number of nitrogens with two attached hydrogens (primary N) is 1. The molecule has 0 atom stereocenters. The molecule has 5 nitrogen and oxygen atoms in total. The molecule has 0 aliphatic carbocycles. The van der Waals surface area contributed by atoms with Crippen LogP contribution in [-0.4, -0.2) is 18.9 Å². The fourth-order valence-electron chi connectivity index (χ4n) is 1.80. The van der Waals surface area contributed by atoms with Gasteiger partial charge in [0.2, 0.25) is 10.0 Å². The molecule has 0 aliphatic heterocycles. The number of anilines is 1. The molecular formula is C12H17N3O2S. The van der Waals surface area contributed by atoms with Gasteiger partial charge in [0.15, 0.2) is 0 Å². The Morgan fingerprint density at radius 3 is 2.56 bits per heavy atom. The highest BCUT2D eigenvalue weighted by atomic mass is 32.2. The second-order valence-electron chi connectivity index (χ2n) is 5.31. The van der Waals surface area contributed by atoms with Crippen LogP contribution in [0.3, 0.4) is 0 Å². The van der Waals surface area contributed by atoms with Crippen LogP contribution >= 0.6 is 0 Å². The minimum absolute atomic E-state index is 0.243. The van der Waals surface area contributed by atoms with Crippen molar-refractivity contribution in [3.05, 3.63) is 24.4 Å². The summed E-state index contributed by atoms with van der Waals surface area (Å²) in [5.74, 6) is 0. The fourth-order valence-corrected chi connectivity index (χ4v) is 3.40. The Hall–Kier alpha value is -1.53. The quantitative estimate of drug-likeness (QED) is 0.725. The van der Waals surface area contributed by atoms with Crippen LogP contribution in [0, 0.1) is 0 Å². The molecule has 0 bridgehead atoms. The van der Waals surface area contributed by atoms with E-state index in [0.717, 1.165) is 0 Å². The molecule has 2 rings (SSSR count). The number of nitrogens with one attached hydrogen (secondary N) is 2. The zero-order valence-corrected chi connectivity index (χ0v) is 11.4. The average Bonchev–Trinajstić information content (AvgIpc) is 2.56. The number of nitrogen functional groups attached to an aromatic ring is 1. The maximum atomic E-state index is 12.2. The summed E-state index contributed by atoms with van der Waals surface area (Å²) in [6.45, 7) is 5.41. The Morgan fingerprint density at radius 1 is 1.28 bits per heavy atom. The van der Waals surface area contributed by atoms with Crippen LogP contribution < -0.4 is 10.5 Å². The smallest absolute Gasteiger partial charge is 0.243 e. The van der Waals surface area contributed by atoms with Gasteiger partial charge in [-0.05, 0) is 39.0 Å². The van der Waals surface area contributed by atoms with Gasteiger partial charge in [-0.1, -0.05) is 0 Å². The Balaban J connectivity index is 2.55. The summed E-state index contributed by atoms with van der Waals surface area (Å²) in [6, 6.07) is 5.11. The lowest BCUT2D eigenvalue weighted by Gasteiger charge is -2.19. The topological polar surface area (TPSA) is 88.0 Å². The van der Waals surface area contributed by atoms with Crippen molar-refractivity contribution >= 4 is 26.6 Å². The van der Waals surface area contributed by atoms with Crippen LogP contribution in [0.1, 0.15) is 20.8 Å². The van der Waals surface area contributed by atoms with Gasteiger partial charge in [0.25, 0.3) is 0 Å². The predicted octanol–water partition coefficient (Wildman–Crippen LogP) is 1.83. The molecule has 4 N–H and O–H groups in total. The van der Waals surface area contributed by atoms with Crippen molar-refractivity contribution in [2.45, 2.75) is 31.2 Å². The monoisotopic (exact) mass is 267 g/mol. The molecule has 98 valence electrons. The highest BCUT2D eigenvalue weighted by molar-refractivity contribution is 7.89. The maximum Gasteiger partial charge on any atom is 0.243 e. The number of rotatable bonds is 2. The third kappa shape index (κ3) is 2.49. The highest BCUT2D eigenvalue weighted by Crippen LogP contribution is 2.25. The molecule has 0 unspecified atom stereocenters. The van der Waals surface area contributed by atoms with Crippen molar-refractivity contribution in [1.82, 2.24) is 9.71 Å². The molecule has 1 aromatic carbocycles. The number of sulfonamides is 1. The second kappa shape index (κ2) is 4.00. The molecule has 1 aromatic heterocycles. The fraction of sp³-hybridized carbons (Fsp3) is 0.333. The van der Waals surface area contributed by atoms with Crippen LogP contribution in [-0.2, 0) is 10.0 Å². The Bertz CT molecular complexity index is 681. The van der Waals surface area contributed by atoms with Crippen LogP contribution in [0.15, 0.2) is 29.3 Å². The summed E-state index contributed by atoms with van der Waals surface area (Å²) >= 11 is 0. The van der Waals surface area contributed by atoms with E-state index in [1.807, 2.05) is 0 Å². The molecule has 18 heavy (non-hydrogen) atoms. The van der Waals surface area contributed by atoms with Gasteiger partial charge >= 0.3 is 0 Å². The van der Waals surface area contributed by atoms with Gasteiger partial charge < -0.3 is 10.7 Å². The maximum absolute atomic E-state index is 12.2. The van der Waals surface area contributed by atoms with Gasteiger partial charge in [0, 0.05) is 28.3 Å². The van der Waals surface area contributed by atoms with Crippen molar-refractivity contribution in [2.24, 2.45) is 0 Å². The average molecular weight is 267 g/mol. The number of benzene rings is 1. The number of H-pyrrole nitrogens is 1. The van der Waals surface area contributed by atoms with E-state index in [2.05, 4.69) is 9.71 Å². The molecule has 0 fully saturated rings. The molecule has 0 aliphatic rings. The summed E-state index contributed by atoms with van der Waals surface area (Å²) in [5, 5.41) is 0.640. The van der Waals surface area contributed by atoms with Gasteiger partial charge in [0.1, 0.15) is 4.90 Å². The molecule has 0 saturated carbocycles. The normalized spacial score (nSPS) is 13.1. The first-order valence-electron chi connectivity index (χ1n) is 5.60. The minimum atomic E-state index is -3.54. The van der Waals surface area contributed by atoms with Crippen molar-refractivity contribution in [3.8, 4) is 0 Å². The minimum Gasteiger partial charge on any atom is -0.399 e. The molecule has 1 heterocycles. The zero-order chi connectivity index (χ0) is 13.6. The lowest BCUT2D eigenvalue weighted by molar-refractivity contribution is 0.492. The van der Waals surface area contributed by atoms with E-state index >= 15 is 0 Å². The molecule has 6 heteroatoms. The summed E-state index contributed by atoms with van der Waals surface area (Å²) in [7, 11) is -3.54. The Labute approximate surface area is 106 Å². The first-order valence-corrected chi connectivity index (χ1v) is 7.08. The molecule has 0 amide bonds. The standard InChI is InChI=1S/C12H17N3O2S/c1-12(2,3)15-18(16,17)11-7-14-10-6-8(13)4-5-9(10)11/h4-7,14-15H,13H2,1-3H3. The van der Waals surface area contributed by atoms with E-state index in [0.29, 0.717) is 16.6 Å². The van der Waals surface area contributed by atoms with Crippen LogP contribution in [0.4, 0.5) is 5.69 Å². The molecule has 0 saturated heterocycles. The predicted molar refractivity (Wildman–Crippen MR) is 72.8 cm³/mol. The van der Waals surface area contributed by atoms with E-state index in [-0.39, 0.29) is 4.90 Å². The van der Waals surface area contributed by atoms with Gasteiger partial charge in [-0.15, -0.1) is 0 Å². The molecule has 0 radical (unpaired) electrons. The third-order valence-corrected chi connectivity index (χ3v) is 4.20. The number of aromatic nitrogens is 1. The first-order chi connectivity index (χ1) is 8.19. The van der Waals surface area contributed by atoms with Crippen LogP contribution in [0.2, 0.25) is 0 Å². The zero-order valence-electron chi connectivity index (χ0n) is 10.6. The van der Waals surface area contributed by atoms with Crippen molar-refractivity contribution in [2.75, 3.05) is 5.73 Å². The van der Waals surface area contributed by atoms with Crippen molar-refractivity contribution in [1.29, 1.82) is 0 Å². The van der Waals surface area contributed by atoms with E-state index in [4.69, 9.17) is 5.73 Å². The lowest BCUT2D eigenvalue weighted by atomic mass is 10.1. The first kappa shape index (κ1) is 12.9. The summed E-state index contributed by atoms with van der Waals surface area (Å²) in [6.07, 6.45) is 1.48. The van der Waals surface area contributed by atoms with Gasteiger partial charge in [-0.3, -0.25) is 0 Å². The van der Waals surface area contributed by atoms with Crippen LogP contribution in [0.5, 0.6) is 0 Å². The second-order valence-corrected chi connectivity index (χ2v) is 6.96. The lowest BCUT2D eigenvalue weighted by Crippen LogP contribution is -2.40. The Kier molecular flexibility index (Phi) is 2.87. The Morgan fingerprint density at radius 2 is 1.94 bits per heavy atom. The SMILES string of the molecule is CC(C)(C)NS(=O)(=O)c1c[nH]c2cc(N)ccc12. The van der Waals surface area contributed by atoms with E-state index in [1.54, 1.807) is 39.0 Å². The molecule has 0 spiro atoms. The van der Waals surface area contributed by atoms with Crippen LogP contribution in [0.25, 0.3) is 10.9 Å². The van der Waals surface area contributed by atoms with Gasteiger partial charge in [0.05, 0.1) is 0 Å².